The molecule has 0 amide bonds. The van der Waals surface area contributed by atoms with E-state index in [-0.39, 0.29) is 37.6 Å². The summed E-state index contributed by atoms with van der Waals surface area (Å²) < 4.78 is 30.6. The first-order valence-corrected chi connectivity index (χ1v) is 7.40. The molecule has 0 saturated carbocycles. The van der Waals surface area contributed by atoms with Gasteiger partial charge in [0.1, 0.15) is 13.2 Å². The predicted octanol–water partition coefficient (Wildman–Crippen LogP) is 1.42. The minimum Gasteiger partial charge on any atom is -0.498 e. The summed E-state index contributed by atoms with van der Waals surface area (Å²) in [6.07, 6.45) is 2.13. The van der Waals surface area contributed by atoms with Crippen LogP contribution in [0.2, 0.25) is 0 Å². The van der Waals surface area contributed by atoms with Crippen LogP contribution in [-0.2, 0) is 32.7 Å². The molecule has 22 heavy (non-hydrogen) atoms. The molecule has 0 aliphatic carbocycles. The van der Waals surface area contributed by atoms with Gasteiger partial charge in [0.05, 0.1) is 36.9 Å². The van der Waals surface area contributed by atoms with Gasteiger partial charge in [-0.3, -0.25) is 4.57 Å². The molecule has 0 radical (unpaired) electrons. The minimum atomic E-state index is -2.71. The van der Waals surface area contributed by atoms with Crippen molar-refractivity contribution in [3.63, 3.8) is 0 Å². The van der Waals surface area contributed by atoms with Crippen LogP contribution in [0.15, 0.2) is 23.7 Å². The molecule has 0 aliphatic heterocycles. The van der Waals surface area contributed by atoms with Gasteiger partial charge >= 0.3 is 20.2 Å². The largest absolute Gasteiger partial charge is 0.498 e. The normalized spacial score (nSPS) is 13.5. The van der Waals surface area contributed by atoms with E-state index >= 15 is 0 Å². The number of aliphatic carboxylic acids is 2. The fourth-order valence-corrected chi connectivity index (χ4v) is 1.44. The van der Waals surface area contributed by atoms with Crippen LogP contribution in [0.25, 0.3) is 0 Å². The van der Waals surface area contributed by atoms with Crippen molar-refractivity contribution in [2.24, 2.45) is 0 Å². The fourth-order valence-electron chi connectivity index (χ4n) is 0.857. The second-order valence-corrected chi connectivity index (χ2v) is 4.98. The molecule has 0 aromatic heterocycles. The van der Waals surface area contributed by atoms with Gasteiger partial charge in [-0.15, -0.1) is 0 Å². The Morgan fingerprint density at radius 3 is 1.55 bits per heavy atom. The summed E-state index contributed by atoms with van der Waals surface area (Å²) in [4.78, 5) is 20.9. The Morgan fingerprint density at radius 1 is 0.864 bits per heavy atom. The van der Waals surface area contributed by atoms with Crippen molar-refractivity contribution < 1.29 is 42.9 Å². The van der Waals surface area contributed by atoms with E-state index in [1.807, 2.05) is 0 Å². The van der Waals surface area contributed by atoms with Crippen molar-refractivity contribution in [1.82, 2.24) is 0 Å². The Bertz CT molecular complexity index is 416. The Balaban J connectivity index is 3.63. The molecular weight excluding hydrogens is 319 g/mol. The number of hydrogen-bond donors (Lipinski definition) is 2. The zero-order valence-corrected chi connectivity index (χ0v) is 13.2. The zero-order chi connectivity index (χ0) is 17.0. The van der Waals surface area contributed by atoms with E-state index in [1.54, 1.807) is 0 Å². The first-order valence-electron chi connectivity index (χ1n) is 6.17. The monoisotopic (exact) mass is 338 g/mol. The molecule has 126 valence electrons. The van der Waals surface area contributed by atoms with Crippen LogP contribution >= 0.6 is 8.25 Å². The molecule has 0 aromatic rings. The lowest BCUT2D eigenvalue weighted by Crippen LogP contribution is -2.03. The summed E-state index contributed by atoms with van der Waals surface area (Å²) in [6, 6.07) is 0. The fraction of sp³-hybridized carbons (Fsp3) is 0.500. The van der Waals surface area contributed by atoms with Gasteiger partial charge in [-0.25, -0.2) is 9.59 Å². The van der Waals surface area contributed by atoms with E-state index in [1.165, 1.54) is 13.8 Å². The van der Waals surface area contributed by atoms with Crippen molar-refractivity contribution in [3.8, 4) is 0 Å². The lowest BCUT2D eigenvalue weighted by molar-refractivity contribution is -0.133. The first-order chi connectivity index (χ1) is 10.3. The quantitative estimate of drug-likeness (QED) is 0.235. The smallest absolute Gasteiger partial charge is 0.334 e. The summed E-state index contributed by atoms with van der Waals surface area (Å²) >= 11 is 0. The second-order valence-electron chi connectivity index (χ2n) is 3.90. The lowest BCUT2D eigenvalue weighted by atomic mass is 10.3. The third-order valence-corrected chi connectivity index (χ3v) is 2.92. The Kier molecular flexibility index (Phi) is 10.8. The van der Waals surface area contributed by atoms with Gasteiger partial charge in [-0.2, -0.15) is 0 Å². The van der Waals surface area contributed by atoms with Gasteiger partial charge in [0.2, 0.25) is 0 Å². The molecule has 0 aliphatic rings. The van der Waals surface area contributed by atoms with Crippen LogP contribution in [0.3, 0.4) is 0 Å². The van der Waals surface area contributed by atoms with E-state index < -0.39 is 20.2 Å². The third-order valence-electron chi connectivity index (χ3n) is 2.04. The average molecular weight is 338 g/mol. The third kappa shape index (κ3) is 10.9. The first kappa shape index (κ1) is 20.2. The molecule has 0 unspecified atom stereocenters. The molecule has 0 aromatic carbocycles. The SMILES string of the molecule is CC(=COCCO[PH](=O)OCCOC=C(C)C(=O)O)C(=O)O. The molecule has 10 heteroatoms. The highest BCUT2D eigenvalue weighted by molar-refractivity contribution is 7.33. The van der Waals surface area contributed by atoms with E-state index in [4.69, 9.17) is 28.7 Å². The number of rotatable bonds is 12. The Labute approximate surface area is 128 Å². The lowest BCUT2D eigenvalue weighted by Gasteiger charge is -2.06. The van der Waals surface area contributed by atoms with Crippen LogP contribution in [0.4, 0.5) is 0 Å². The van der Waals surface area contributed by atoms with Crippen molar-refractivity contribution in [1.29, 1.82) is 0 Å². The zero-order valence-electron chi connectivity index (χ0n) is 12.2. The van der Waals surface area contributed by atoms with Gasteiger partial charge in [0, 0.05) is 0 Å². The summed E-state index contributed by atoms with van der Waals surface area (Å²) in [5, 5.41) is 17.1. The van der Waals surface area contributed by atoms with Crippen molar-refractivity contribution >= 4 is 20.2 Å². The van der Waals surface area contributed by atoms with E-state index in [0.717, 1.165) is 12.5 Å². The highest BCUT2D eigenvalue weighted by Gasteiger charge is 2.02. The predicted molar refractivity (Wildman–Crippen MR) is 75.6 cm³/mol. The highest BCUT2D eigenvalue weighted by Crippen LogP contribution is 2.22. The van der Waals surface area contributed by atoms with Gasteiger partial charge in [0.25, 0.3) is 0 Å². The Morgan fingerprint density at radius 2 is 1.23 bits per heavy atom. The number of carboxylic acids is 2. The van der Waals surface area contributed by atoms with Gasteiger partial charge in [0.15, 0.2) is 0 Å². The topological polar surface area (TPSA) is 129 Å². The average Bonchev–Trinajstić information content (AvgIpc) is 2.45. The van der Waals surface area contributed by atoms with Crippen LogP contribution in [0.1, 0.15) is 13.8 Å². The van der Waals surface area contributed by atoms with Crippen LogP contribution < -0.4 is 0 Å². The van der Waals surface area contributed by atoms with Crippen molar-refractivity contribution in [2.75, 3.05) is 26.4 Å². The van der Waals surface area contributed by atoms with E-state index in [2.05, 4.69) is 0 Å². The van der Waals surface area contributed by atoms with E-state index in [9.17, 15) is 14.2 Å². The van der Waals surface area contributed by atoms with Crippen molar-refractivity contribution in [3.05, 3.63) is 23.7 Å². The summed E-state index contributed by atoms with van der Waals surface area (Å²) in [5.74, 6) is -2.19. The van der Waals surface area contributed by atoms with Crippen LogP contribution in [0.5, 0.6) is 0 Å². The number of carbonyl (C=O) groups is 2. The number of ether oxygens (including phenoxy) is 2. The molecule has 0 fully saturated rings. The van der Waals surface area contributed by atoms with Gasteiger partial charge < -0.3 is 28.7 Å². The maximum atomic E-state index is 11.3. The molecule has 0 spiro atoms. The number of carboxylic acid groups (broad SMARTS) is 2. The molecule has 0 atom stereocenters. The molecule has 9 nitrogen and oxygen atoms in total. The summed E-state index contributed by atoms with van der Waals surface area (Å²) in [5.41, 5.74) is 0.0662. The van der Waals surface area contributed by atoms with E-state index in [0.29, 0.717) is 0 Å². The van der Waals surface area contributed by atoms with Gasteiger partial charge in [-0.1, -0.05) is 0 Å². The van der Waals surface area contributed by atoms with Crippen molar-refractivity contribution in [2.45, 2.75) is 13.8 Å². The summed E-state index contributed by atoms with van der Waals surface area (Å²) in [7, 11) is -2.71. The molecule has 0 bridgehead atoms. The molecule has 0 rings (SSSR count). The Hall–Kier alpha value is -1.83. The second kappa shape index (κ2) is 11.8. The molecule has 0 heterocycles. The van der Waals surface area contributed by atoms with Crippen LogP contribution in [0, 0.1) is 0 Å². The molecule has 0 saturated heterocycles. The van der Waals surface area contributed by atoms with Crippen LogP contribution in [-0.4, -0.2) is 48.6 Å². The number of hydrogen-bond acceptors (Lipinski definition) is 7. The summed E-state index contributed by atoms with van der Waals surface area (Å²) in [6.45, 7) is 2.74. The maximum Gasteiger partial charge on any atom is 0.334 e. The van der Waals surface area contributed by atoms with Gasteiger partial charge in [-0.05, 0) is 13.8 Å². The highest BCUT2D eigenvalue weighted by atomic mass is 31.1. The molecular formula is C12H19O9P. The molecule has 2 N–H and O–H groups in total. The standard InChI is InChI=1S/C12H19O9P/c1-9(11(13)14)7-18-3-5-20-22(17)21-6-4-19-8-10(2)12(15)16/h7-8,22H,3-6H2,1-2H3,(H,13,14)(H,15,16). The minimum absolute atomic E-state index is 0.0277. The maximum absolute atomic E-state index is 11.3.